The summed E-state index contributed by atoms with van der Waals surface area (Å²) < 4.78 is 17.7. The SMILES string of the molecule is Cc1noc(CNCc2cncc(F)c2)n1. The largest absolute Gasteiger partial charge is 0.338 e. The fraction of sp³-hybridized carbons (Fsp3) is 0.300. The number of hydrogen-bond donors (Lipinski definition) is 1. The summed E-state index contributed by atoms with van der Waals surface area (Å²) in [4.78, 5) is 7.78. The van der Waals surface area contributed by atoms with Crippen molar-refractivity contribution in [2.45, 2.75) is 20.0 Å². The molecule has 2 aromatic heterocycles. The lowest BCUT2D eigenvalue weighted by Crippen LogP contribution is -2.13. The molecule has 0 aromatic carbocycles. The van der Waals surface area contributed by atoms with Crippen LogP contribution in [0, 0.1) is 12.7 Å². The molecule has 0 radical (unpaired) electrons. The summed E-state index contributed by atoms with van der Waals surface area (Å²) >= 11 is 0. The van der Waals surface area contributed by atoms with Crippen LogP contribution in [-0.2, 0) is 13.1 Å². The van der Waals surface area contributed by atoms with Gasteiger partial charge in [-0.1, -0.05) is 5.16 Å². The Morgan fingerprint density at radius 2 is 2.25 bits per heavy atom. The maximum absolute atomic E-state index is 12.8. The number of aromatic nitrogens is 3. The number of halogens is 1. The summed E-state index contributed by atoms with van der Waals surface area (Å²) in [6, 6.07) is 1.43. The highest BCUT2D eigenvalue weighted by Gasteiger charge is 2.02. The Balaban J connectivity index is 1.84. The highest BCUT2D eigenvalue weighted by atomic mass is 19.1. The van der Waals surface area contributed by atoms with Crippen molar-refractivity contribution in [3.05, 3.63) is 41.6 Å². The van der Waals surface area contributed by atoms with E-state index in [0.717, 1.165) is 5.56 Å². The smallest absolute Gasteiger partial charge is 0.240 e. The lowest BCUT2D eigenvalue weighted by Gasteiger charge is -2.01. The summed E-state index contributed by atoms with van der Waals surface area (Å²) in [5.74, 6) is 0.777. The molecule has 0 spiro atoms. The van der Waals surface area contributed by atoms with Gasteiger partial charge >= 0.3 is 0 Å². The van der Waals surface area contributed by atoms with Gasteiger partial charge in [-0.15, -0.1) is 0 Å². The van der Waals surface area contributed by atoms with Gasteiger partial charge in [0.25, 0.3) is 0 Å². The average Bonchev–Trinajstić information content (AvgIpc) is 2.64. The van der Waals surface area contributed by atoms with E-state index < -0.39 is 0 Å². The van der Waals surface area contributed by atoms with Crippen molar-refractivity contribution in [2.75, 3.05) is 0 Å². The second-order valence-corrected chi connectivity index (χ2v) is 3.35. The predicted octanol–water partition coefficient (Wildman–Crippen LogP) is 1.20. The van der Waals surface area contributed by atoms with Crippen LogP contribution >= 0.6 is 0 Å². The summed E-state index contributed by atoms with van der Waals surface area (Å²) in [6.45, 7) is 2.72. The Morgan fingerprint density at radius 1 is 1.38 bits per heavy atom. The third kappa shape index (κ3) is 2.83. The molecular formula is C10H11FN4O. The van der Waals surface area contributed by atoms with E-state index in [4.69, 9.17) is 4.52 Å². The van der Waals surface area contributed by atoms with Crippen LogP contribution in [0.5, 0.6) is 0 Å². The van der Waals surface area contributed by atoms with Crippen LogP contribution in [0.15, 0.2) is 23.0 Å². The number of nitrogens with zero attached hydrogens (tertiary/aromatic N) is 3. The van der Waals surface area contributed by atoms with Crippen LogP contribution < -0.4 is 5.32 Å². The van der Waals surface area contributed by atoms with Crippen molar-refractivity contribution in [1.82, 2.24) is 20.4 Å². The Hall–Kier alpha value is -1.82. The van der Waals surface area contributed by atoms with Crippen LogP contribution in [0.4, 0.5) is 4.39 Å². The summed E-state index contributed by atoms with van der Waals surface area (Å²) in [7, 11) is 0. The Labute approximate surface area is 91.7 Å². The van der Waals surface area contributed by atoms with E-state index in [9.17, 15) is 4.39 Å². The van der Waals surface area contributed by atoms with Crippen LogP contribution in [0.1, 0.15) is 17.3 Å². The van der Waals surface area contributed by atoms with Gasteiger partial charge in [-0.2, -0.15) is 4.98 Å². The molecule has 0 atom stereocenters. The number of rotatable bonds is 4. The minimum Gasteiger partial charge on any atom is -0.338 e. The monoisotopic (exact) mass is 222 g/mol. The zero-order chi connectivity index (χ0) is 11.4. The van der Waals surface area contributed by atoms with E-state index in [1.165, 1.54) is 12.3 Å². The Morgan fingerprint density at radius 3 is 2.94 bits per heavy atom. The van der Waals surface area contributed by atoms with E-state index in [2.05, 4.69) is 20.4 Å². The van der Waals surface area contributed by atoms with Gasteiger partial charge in [-0.05, 0) is 18.6 Å². The van der Waals surface area contributed by atoms with Gasteiger partial charge < -0.3 is 9.84 Å². The minimum atomic E-state index is -0.340. The quantitative estimate of drug-likeness (QED) is 0.842. The summed E-state index contributed by atoms with van der Waals surface area (Å²) in [6.07, 6.45) is 2.78. The van der Waals surface area contributed by atoms with Crippen LogP contribution in [0.3, 0.4) is 0 Å². The van der Waals surface area contributed by atoms with Crippen LogP contribution in [0.2, 0.25) is 0 Å². The van der Waals surface area contributed by atoms with Gasteiger partial charge in [0.2, 0.25) is 5.89 Å². The lowest BCUT2D eigenvalue weighted by atomic mass is 10.3. The van der Waals surface area contributed by atoms with Crippen molar-refractivity contribution in [2.24, 2.45) is 0 Å². The summed E-state index contributed by atoms with van der Waals surface area (Å²) in [5, 5.41) is 6.71. The van der Waals surface area contributed by atoms with Crippen molar-refractivity contribution >= 4 is 0 Å². The standard InChI is InChI=1S/C10H11FN4O/c1-7-14-10(16-15-7)6-13-4-8-2-9(11)5-12-3-8/h2-3,5,13H,4,6H2,1H3. The third-order valence-corrected chi connectivity index (χ3v) is 1.94. The van der Waals surface area contributed by atoms with E-state index >= 15 is 0 Å². The van der Waals surface area contributed by atoms with Gasteiger partial charge in [-0.3, -0.25) is 4.98 Å². The van der Waals surface area contributed by atoms with E-state index in [1.54, 1.807) is 13.1 Å². The topological polar surface area (TPSA) is 63.8 Å². The molecule has 0 fully saturated rings. The molecule has 0 aliphatic carbocycles. The van der Waals surface area contributed by atoms with E-state index in [-0.39, 0.29) is 5.82 Å². The second-order valence-electron chi connectivity index (χ2n) is 3.35. The molecule has 0 aliphatic heterocycles. The summed E-state index contributed by atoms with van der Waals surface area (Å²) in [5.41, 5.74) is 0.774. The molecule has 0 bridgehead atoms. The van der Waals surface area contributed by atoms with Crippen molar-refractivity contribution in [3.8, 4) is 0 Å². The molecule has 5 nitrogen and oxygen atoms in total. The molecule has 2 heterocycles. The zero-order valence-electron chi connectivity index (χ0n) is 8.77. The Kier molecular flexibility index (Phi) is 3.21. The molecule has 1 N–H and O–H groups in total. The molecule has 0 amide bonds. The number of hydrogen-bond acceptors (Lipinski definition) is 5. The first kappa shape index (κ1) is 10.7. The minimum absolute atomic E-state index is 0.340. The first-order valence-electron chi connectivity index (χ1n) is 4.83. The van der Waals surface area contributed by atoms with E-state index in [1.807, 2.05) is 0 Å². The number of pyridine rings is 1. The fourth-order valence-electron chi connectivity index (χ4n) is 1.28. The van der Waals surface area contributed by atoms with Gasteiger partial charge in [0.05, 0.1) is 12.7 Å². The first-order valence-corrected chi connectivity index (χ1v) is 4.83. The molecule has 0 saturated heterocycles. The molecule has 0 saturated carbocycles. The van der Waals surface area contributed by atoms with Gasteiger partial charge in [0.1, 0.15) is 5.82 Å². The average molecular weight is 222 g/mol. The van der Waals surface area contributed by atoms with Crippen molar-refractivity contribution in [1.29, 1.82) is 0 Å². The second kappa shape index (κ2) is 4.80. The predicted molar refractivity (Wildman–Crippen MR) is 53.8 cm³/mol. The molecular weight excluding hydrogens is 211 g/mol. The van der Waals surface area contributed by atoms with Crippen LogP contribution in [-0.4, -0.2) is 15.1 Å². The van der Waals surface area contributed by atoms with E-state index in [0.29, 0.717) is 24.8 Å². The highest BCUT2D eigenvalue weighted by molar-refractivity contribution is 5.09. The van der Waals surface area contributed by atoms with Crippen molar-refractivity contribution < 1.29 is 8.91 Å². The van der Waals surface area contributed by atoms with Gasteiger partial charge in [0, 0.05) is 12.7 Å². The van der Waals surface area contributed by atoms with Crippen molar-refractivity contribution in [3.63, 3.8) is 0 Å². The zero-order valence-corrected chi connectivity index (χ0v) is 8.77. The van der Waals surface area contributed by atoms with Gasteiger partial charge in [0.15, 0.2) is 5.82 Å². The normalized spacial score (nSPS) is 10.6. The molecule has 84 valence electrons. The Bertz CT molecular complexity index is 471. The number of aryl methyl sites for hydroxylation is 1. The number of nitrogens with one attached hydrogen (secondary N) is 1. The highest BCUT2D eigenvalue weighted by Crippen LogP contribution is 2.01. The molecule has 2 rings (SSSR count). The third-order valence-electron chi connectivity index (χ3n) is 1.94. The molecule has 2 aromatic rings. The maximum Gasteiger partial charge on any atom is 0.240 e. The molecule has 16 heavy (non-hydrogen) atoms. The van der Waals surface area contributed by atoms with Gasteiger partial charge in [-0.25, -0.2) is 4.39 Å². The first-order chi connectivity index (χ1) is 7.74. The lowest BCUT2D eigenvalue weighted by molar-refractivity contribution is 0.364. The van der Waals surface area contributed by atoms with Crippen LogP contribution in [0.25, 0.3) is 0 Å². The molecule has 6 heteroatoms. The molecule has 0 unspecified atom stereocenters. The maximum atomic E-state index is 12.8. The molecule has 0 aliphatic rings. The fourth-order valence-corrected chi connectivity index (χ4v) is 1.28.